The molecule has 0 saturated carbocycles. The van der Waals surface area contributed by atoms with Gasteiger partial charge in [-0.15, -0.1) is 0 Å². The number of guanidine groups is 1. The lowest BCUT2D eigenvalue weighted by molar-refractivity contribution is -0.131. The zero-order chi connectivity index (χ0) is 19.6. The number of carbonyl (C=O) groups is 1. The molecule has 0 radical (unpaired) electrons. The van der Waals surface area contributed by atoms with E-state index in [1.165, 1.54) is 0 Å². The first-order chi connectivity index (χ1) is 13.7. The molecule has 3 N–H and O–H groups in total. The number of nitrogens with one attached hydrogen (secondary N) is 1. The number of nitrogens with zero attached hydrogens (tertiary/aromatic N) is 6. The van der Waals surface area contributed by atoms with Gasteiger partial charge in [0.05, 0.1) is 6.54 Å². The van der Waals surface area contributed by atoms with Gasteiger partial charge in [-0.05, 0) is 18.2 Å². The van der Waals surface area contributed by atoms with Crippen LogP contribution < -0.4 is 16.0 Å². The Kier molecular flexibility index (Phi) is 7.11. The Bertz CT molecular complexity index is 760. The normalized spacial score (nSPS) is 14.8. The van der Waals surface area contributed by atoms with Crippen LogP contribution in [0.2, 0.25) is 0 Å². The predicted molar refractivity (Wildman–Crippen MR) is 108 cm³/mol. The molecule has 1 saturated heterocycles. The molecule has 1 aliphatic heterocycles. The van der Waals surface area contributed by atoms with Crippen molar-refractivity contribution >= 4 is 17.8 Å². The molecule has 0 atom stereocenters. The van der Waals surface area contributed by atoms with E-state index in [2.05, 4.69) is 30.2 Å². The van der Waals surface area contributed by atoms with Crippen molar-refractivity contribution in [3.63, 3.8) is 0 Å². The van der Waals surface area contributed by atoms with E-state index < -0.39 is 0 Å². The van der Waals surface area contributed by atoms with Gasteiger partial charge in [0.25, 0.3) is 0 Å². The SMILES string of the molecule is NC(=NCCC(=O)N1CCN(c2ncccn2)CC1)NCCc1ccccn1. The molecule has 9 heteroatoms. The van der Waals surface area contributed by atoms with Crippen LogP contribution in [0.5, 0.6) is 0 Å². The first kappa shape index (κ1) is 19.5. The Morgan fingerprint density at radius 3 is 2.54 bits per heavy atom. The molecule has 1 aliphatic rings. The molecule has 28 heavy (non-hydrogen) atoms. The van der Waals surface area contributed by atoms with Crippen LogP contribution >= 0.6 is 0 Å². The van der Waals surface area contributed by atoms with Crippen molar-refractivity contribution in [2.45, 2.75) is 12.8 Å². The Labute approximate surface area is 164 Å². The van der Waals surface area contributed by atoms with E-state index in [-0.39, 0.29) is 5.91 Å². The minimum Gasteiger partial charge on any atom is -0.370 e. The molecule has 148 valence electrons. The summed E-state index contributed by atoms with van der Waals surface area (Å²) in [5, 5.41) is 3.05. The summed E-state index contributed by atoms with van der Waals surface area (Å²) in [6.07, 6.45) is 6.35. The summed E-state index contributed by atoms with van der Waals surface area (Å²) >= 11 is 0. The molecule has 2 aromatic heterocycles. The van der Waals surface area contributed by atoms with Crippen LogP contribution in [0.1, 0.15) is 12.1 Å². The number of pyridine rings is 1. The summed E-state index contributed by atoms with van der Waals surface area (Å²) in [6.45, 7) is 3.83. The number of amides is 1. The van der Waals surface area contributed by atoms with E-state index >= 15 is 0 Å². The minimum atomic E-state index is 0.0960. The van der Waals surface area contributed by atoms with E-state index in [1.54, 1.807) is 24.7 Å². The van der Waals surface area contributed by atoms with Crippen molar-refractivity contribution in [2.24, 2.45) is 10.7 Å². The van der Waals surface area contributed by atoms with Crippen molar-refractivity contribution in [2.75, 3.05) is 44.2 Å². The van der Waals surface area contributed by atoms with Crippen LogP contribution in [0, 0.1) is 0 Å². The predicted octanol–water partition coefficient (Wildman–Crippen LogP) is 0.0573. The largest absolute Gasteiger partial charge is 0.370 e. The molecule has 0 bridgehead atoms. The second-order valence-corrected chi connectivity index (χ2v) is 6.43. The van der Waals surface area contributed by atoms with Crippen molar-refractivity contribution in [1.29, 1.82) is 0 Å². The highest BCUT2D eigenvalue weighted by Gasteiger charge is 2.21. The lowest BCUT2D eigenvalue weighted by Gasteiger charge is -2.34. The van der Waals surface area contributed by atoms with E-state index in [1.807, 2.05) is 23.1 Å². The van der Waals surface area contributed by atoms with Crippen LogP contribution in [0.3, 0.4) is 0 Å². The van der Waals surface area contributed by atoms with Crippen LogP contribution in [-0.4, -0.2) is 71.0 Å². The number of rotatable bonds is 7. The maximum atomic E-state index is 12.4. The van der Waals surface area contributed by atoms with Crippen LogP contribution in [0.4, 0.5) is 5.95 Å². The summed E-state index contributed by atoms with van der Waals surface area (Å²) < 4.78 is 0. The lowest BCUT2D eigenvalue weighted by Crippen LogP contribution is -2.49. The highest BCUT2D eigenvalue weighted by atomic mass is 16.2. The fraction of sp³-hybridized carbons (Fsp3) is 0.421. The average molecular weight is 382 g/mol. The van der Waals surface area contributed by atoms with E-state index in [0.29, 0.717) is 44.5 Å². The molecule has 3 rings (SSSR count). The highest BCUT2D eigenvalue weighted by molar-refractivity contribution is 5.79. The van der Waals surface area contributed by atoms with Gasteiger partial charge in [0, 0.05) is 69.8 Å². The number of anilines is 1. The minimum absolute atomic E-state index is 0.0960. The first-order valence-corrected chi connectivity index (χ1v) is 9.46. The van der Waals surface area contributed by atoms with Gasteiger partial charge in [-0.1, -0.05) is 6.07 Å². The molecule has 0 unspecified atom stereocenters. The summed E-state index contributed by atoms with van der Waals surface area (Å²) in [5.41, 5.74) is 6.86. The molecule has 3 heterocycles. The molecular weight excluding hydrogens is 356 g/mol. The highest BCUT2D eigenvalue weighted by Crippen LogP contribution is 2.10. The second kappa shape index (κ2) is 10.2. The fourth-order valence-electron chi connectivity index (χ4n) is 2.96. The molecular formula is C19H26N8O. The van der Waals surface area contributed by atoms with Gasteiger partial charge in [-0.25, -0.2) is 9.97 Å². The molecule has 0 aromatic carbocycles. The molecule has 2 aromatic rings. The average Bonchev–Trinajstić information content (AvgIpc) is 2.75. The Balaban J connectivity index is 1.33. The van der Waals surface area contributed by atoms with Crippen molar-refractivity contribution < 1.29 is 4.79 Å². The maximum absolute atomic E-state index is 12.4. The van der Waals surface area contributed by atoms with Crippen molar-refractivity contribution in [3.05, 3.63) is 48.5 Å². The third-order valence-corrected chi connectivity index (χ3v) is 4.49. The zero-order valence-electron chi connectivity index (χ0n) is 15.9. The third-order valence-electron chi connectivity index (χ3n) is 4.49. The van der Waals surface area contributed by atoms with Gasteiger partial charge in [0.1, 0.15) is 0 Å². The first-order valence-electron chi connectivity index (χ1n) is 9.46. The Hall–Kier alpha value is -3.23. The van der Waals surface area contributed by atoms with Gasteiger partial charge in [0.15, 0.2) is 5.96 Å². The summed E-state index contributed by atoms with van der Waals surface area (Å²) in [7, 11) is 0. The van der Waals surface area contributed by atoms with Gasteiger partial charge >= 0.3 is 0 Å². The number of carbonyl (C=O) groups excluding carboxylic acids is 1. The summed E-state index contributed by atoms with van der Waals surface area (Å²) in [5.74, 6) is 1.16. The summed E-state index contributed by atoms with van der Waals surface area (Å²) in [4.78, 5) is 33.3. The standard InChI is InChI=1S/C19H26N8O/c20-18(22-10-5-16-4-1-2-7-21-16)23-11-6-17(28)26-12-14-27(15-13-26)19-24-8-3-9-25-19/h1-4,7-9H,5-6,10-15H2,(H3,20,22,23). The molecule has 9 nitrogen and oxygen atoms in total. The maximum Gasteiger partial charge on any atom is 0.225 e. The second-order valence-electron chi connectivity index (χ2n) is 6.43. The van der Waals surface area contributed by atoms with Crippen LogP contribution in [0.25, 0.3) is 0 Å². The Morgan fingerprint density at radius 2 is 1.82 bits per heavy atom. The van der Waals surface area contributed by atoms with Gasteiger partial charge < -0.3 is 20.9 Å². The molecule has 0 spiro atoms. The third kappa shape index (κ3) is 5.90. The monoisotopic (exact) mass is 382 g/mol. The van der Waals surface area contributed by atoms with Gasteiger partial charge in [0.2, 0.25) is 11.9 Å². The molecule has 1 fully saturated rings. The van der Waals surface area contributed by atoms with Crippen LogP contribution in [0.15, 0.2) is 47.8 Å². The molecule has 0 aliphatic carbocycles. The lowest BCUT2D eigenvalue weighted by atomic mass is 10.3. The van der Waals surface area contributed by atoms with Gasteiger partial charge in [-0.2, -0.15) is 0 Å². The van der Waals surface area contributed by atoms with Crippen LogP contribution in [-0.2, 0) is 11.2 Å². The van der Waals surface area contributed by atoms with E-state index in [4.69, 9.17) is 5.73 Å². The number of hydrogen-bond donors (Lipinski definition) is 2. The number of piperazine rings is 1. The number of nitrogens with two attached hydrogens (primary N) is 1. The van der Waals surface area contributed by atoms with Crippen molar-refractivity contribution in [1.82, 2.24) is 25.2 Å². The summed E-state index contributed by atoms with van der Waals surface area (Å²) in [6, 6.07) is 7.61. The van der Waals surface area contributed by atoms with E-state index in [9.17, 15) is 4.79 Å². The topological polar surface area (TPSA) is 113 Å². The Morgan fingerprint density at radius 1 is 1.07 bits per heavy atom. The smallest absolute Gasteiger partial charge is 0.225 e. The number of aromatic nitrogens is 3. The van der Waals surface area contributed by atoms with Gasteiger partial charge in [-0.3, -0.25) is 14.8 Å². The zero-order valence-corrected chi connectivity index (χ0v) is 15.9. The number of hydrogen-bond acceptors (Lipinski definition) is 6. The number of aliphatic imine (C=N–C) groups is 1. The van der Waals surface area contributed by atoms with Crippen molar-refractivity contribution in [3.8, 4) is 0 Å². The quantitative estimate of drug-likeness (QED) is 0.514. The van der Waals surface area contributed by atoms with E-state index in [0.717, 1.165) is 25.2 Å². The fourth-order valence-corrected chi connectivity index (χ4v) is 2.96. The molecule has 1 amide bonds.